The lowest BCUT2D eigenvalue weighted by atomic mass is 10.1. The molecule has 164 valence electrons. The van der Waals surface area contributed by atoms with E-state index >= 15 is 0 Å². The molecule has 1 aromatic heterocycles. The van der Waals surface area contributed by atoms with Crippen LogP contribution in [0.3, 0.4) is 0 Å². The Labute approximate surface area is 186 Å². The Balaban J connectivity index is 1.56. The van der Waals surface area contributed by atoms with Gasteiger partial charge >= 0.3 is 5.97 Å². The summed E-state index contributed by atoms with van der Waals surface area (Å²) in [6, 6.07) is 11.2. The summed E-state index contributed by atoms with van der Waals surface area (Å²) in [4.78, 5) is 16.7. The highest BCUT2D eigenvalue weighted by atomic mass is 16.6. The van der Waals surface area contributed by atoms with Gasteiger partial charge in [-0.15, -0.1) is 0 Å². The molecule has 0 atom stereocenters. The smallest absolute Gasteiger partial charge is 0.363 e. The molecule has 2 heterocycles. The van der Waals surface area contributed by atoms with Crippen LogP contribution in [0.2, 0.25) is 0 Å². The highest BCUT2D eigenvalue weighted by Gasteiger charge is 2.24. The van der Waals surface area contributed by atoms with Gasteiger partial charge in [-0.3, -0.25) is 0 Å². The molecule has 0 saturated heterocycles. The number of aryl methyl sites for hydroxylation is 4. The van der Waals surface area contributed by atoms with E-state index in [-0.39, 0.29) is 5.70 Å². The van der Waals surface area contributed by atoms with Crippen LogP contribution >= 0.6 is 0 Å². The van der Waals surface area contributed by atoms with Crippen molar-refractivity contribution in [2.45, 2.75) is 34.3 Å². The summed E-state index contributed by atoms with van der Waals surface area (Å²) in [5, 5.41) is 3.94. The highest BCUT2D eigenvalue weighted by molar-refractivity contribution is 6.12. The van der Waals surface area contributed by atoms with E-state index < -0.39 is 5.97 Å². The molecule has 32 heavy (non-hydrogen) atoms. The summed E-state index contributed by atoms with van der Waals surface area (Å²) < 4.78 is 21.9. The maximum atomic E-state index is 12.4. The van der Waals surface area contributed by atoms with Crippen LogP contribution in [0.15, 0.2) is 51.6 Å². The number of methoxy groups -OCH3 is 1. The molecule has 0 aliphatic carbocycles. The minimum absolute atomic E-state index is 0.227. The van der Waals surface area contributed by atoms with Crippen LogP contribution < -0.4 is 9.47 Å². The van der Waals surface area contributed by atoms with Crippen LogP contribution in [-0.4, -0.2) is 24.1 Å². The van der Waals surface area contributed by atoms with Gasteiger partial charge in [0.2, 0.25) is 5.90 Å². The van der Waals surface area contributed by atoms with Crippen LogP contribution in [0.25, 0.3) is 6.08 Å². The fraction of sp³-hybridized carbons (Fsp3) is 0.240. The molecular weight excluding hydrogens is 408 g/mol. The van der Waals surface area contributed by atoms with Crippen molar-refractivity contribution >= 4 is 17.9 Å². The first-order chi connectivity index (χ1) is 15.4. The van der Waals surface area contributed by atoms with Crippen molar-refractivity contribution < 1.29 is 23.5 Å². The van der Waals surface area contributed by atoms with E-state index in [1.165, 1.54) is 0 Å². The van der Waals surface area contributed by atoms with Crippen LogP contribution in [0.1, 0.15) is 39.3 Å². The normalized spacial score (nSPS) is 14.5. The lowest BCUT2D eigenvalue weighted by molar-refractivity contribution is -0.129. The van der Waals surface area contributed by atoms with Gasteiger partial charge in [0.1, 0.15) is 12.4 Å². The number of carbonyl (C=O) groups excluding carboxylic acids is 1. The lowest BCUT2D eigenvalue weighted by Gasteiger charge is -2.11. The second-order valence-electron chi connectivity index (χ2n) is 7.64. The third-order valence-electron chi connectivity index (χ3n) is 5.42. The van der Waals surface area contributed by atoms with Crippen molar-refractivity contribution in [1.82, 2.24) is 5.16 Å². The molecule has 2 aromatic carbocycles. The Morgan fingerprint density at radius 2 is 1.81 bits per heavy atom. The molecular formula is C25H24N2O5. The maximum Gasteiger partial charge on any atom is 0.363 e. The van der Waals surface area contributed by atoms with E-state index in [9.17, 15) is 4.79 Å². The minimum Gasteiger partial charge on any atom is -0.493 e. The molecule has 0 saturated carbocycles. The molecule has 1 aliphatic heterocycles. The van der Waals surface area contributed by atoms with E-state index in [1.54, 1.807) is 25.3 Å². The predicted octanol–water partition coefficient (Wildman–Crippen LogP) is 4.84. The summed E-state index contributed by atoms with van der Waals surface area (Å²) in [7, 11) is 1.56. The average molecular weight is 432 g/mol. The summed E-state index contributed by atoms with van der Waals surface area (Å²) in [6.45, 7) is 8.07. The third kappa shape index (κ3) is 4.27. The van der Waals surface area contributed by atoms with Gasteiger partial charge in [-0.1, -0.05) is 17.3 Å². The van der Waals surface area contributed by atoms with Gasteiger partial charge in [-0.05, 0) is 74.7 Å². The number of rotatable bonds is 6. The van der Waals surface area contributed by atoms with Gasteiger partial charge in [-0.25, -0.2) is 9.79 Å². The number of aromatic nitrogens is 1. The van der Waals surface area contributed by atoms with Crippen molar-refractivity contribution in [2.75, 3.05) is 7.11 Å². The summed E-state index contributed by atoms with van der Waals surface area (Å²) in [5.41, 5.74) is 5.70. The number of hydrogen-bond acceptors (Lipinski definition) is 7. The molecule has 3 aromatic rings. The fourth-order valence-corrected chi connectivity index (χ4v) is 3.32. The second-order valence-corrected chi connectivity index (χ2v) is 7.64. The topological polar surface area (TPSA) is 83.2 Å². The summed E-state index contributed by atoms with van der Waals surface area (Å²) >= 11 is 0. The number of esters is 1. The first-order valence-corrected chi connectivity index (χ1v) is 10.2. The number of benzene rings is 2. The molecule has 0 radical (unpaired) electrons. The first-order valence-electron chi connectivity index (χ1n) is 10.2. The number of hydrogen-bond donors (Lipinski definition) is 0. The minimum atomic E-state index is -0.490. The number of aliphatic imine (C=N–C) groups is 1. The summed E-state index contributed by atoms with van der Waals surface area (Å²) in [5.74, 6) is 1.64. The van der Waals surface area contributed by atoms with E-state index in [0.717, 1.165) is 39.3 Å². The molecule has 1 aliphatic rings. The SMILES string of the molecule is COc1cc(/C=C2\N=C(c3ccc(C)c(C)c3)OC2=O)ccc1OCc1c(C)noc1C. The van der Waals surface area contributed by atoms with Gasteiger partial charge < -0.3 is 18.7 Å². The first kappa shape index (κ1) is 21.4. The fourth-order valence-electron chi connectivity index (χ4n) is 3.32. The van der Waals surface area contributed by atoms with Crippen LogP contribution in [0, 0.1) is 27.7 Å². The van der Waals surface area contributed by atoms with Gasteiger partial charge in [-0.2, -0.15) is 0 Å². The quantitative estimate of drug-likeness (QED) is 0.409. The third-order valence-corrected chi connectivity index (χ3v) is 5.42. The molecule has 0 spiro atoms. The predicted molar refractivity (Wildman–Crippen MR) is 120 cm³/mol. The van der Waals surface area contributed by atoms with Gasteiger partial charge in [0.15, 0.2) is 17.2 Å². The molecule has 0 N–H and O–H groups in total. The molecule has 7 heteroatoms. The highest BCUT2D eigenvalue weighted by Crippen LogP contribution is 2.31. The zero-order chi connectivity index (χ0) is 22.8. The largest absolute Gasteiger partial charge is 0.493 e. The van der Waals surface area contributed by atoms with Crippen LogP contribution in [0.5, 0.6) is 11.5 Å². The molecule has 0 amide bonds. The Morgan fingerprint density at radius 1 is 1.00 bits per heavy atom. The number of ether oxygens (including phenoxy) is 3. The Kier molecular flexibility index (Phi) is 5.81. The van der Waals surface area contributed by atoms with Gasteiger partial charge in [0, 0.05) is 5.56 Å². The van der Waals surface area contributed by atoms with Gasteiger partial charge in [0.05, 0.1) is 18.4 Å². The molecule has 4 rings (SSSR count). The van der Waals surface area contributed by atoms with E-state index in [0.29, 0.717) is 24.0 Å². The van der Waals surface area contributed by atoms with E-state index in [2.05, 4.69) is 10.1 Å². The number of nitrogens with zero attached hydrogens (tertiary/aromatic N) is 2. The van der Waals surface area contributed by atoms with E-state index in [4.69, 9.17) is 18.7 Å². The molecule has 0 bridgehead atoms. The Hall–Kier alpha value is -3.87. The Bertz CT molecular complexity index is 1230. The molecule has 7 nitrogen and oxygen atoms in total. The van der Waals surface area contributed by atoms with Crippen molar-refractivity contribution in [3.63, 3.8) is 0 Å². The molecule has 0 unspecified atom stereocenters. The van der Waals surface area contributed by atoms with E-state index in [1.807, 2.05) is 52.0 Å². The second kappa shape index (κ2) is 8.70. The Morgan fingerprint density at radius 3 is 2.50 bits per heavy atom. The zero-order valence-corrected chi connectivity index (χ0v) is 18.7. The van der Waals surface area contributed by atoms with Crippen molar-refractivity contribution in [3.05, 3.63) is 81.4 Å². The standard InChI is InChI=1S/C25H24N2O5/c1-14-6-8-19(10-15(14)2)24-26-21(25(28)31-24)11-18-7-9-22(23(12-18)29-5)30-13-20-16(3)27-32-17(20)4/h6-12H,13H2,1-5H3/b21-11-. The lowest BCUT2D eigenvalue weighted by Crippen LogP contribution is -2.05. The van der Waals surface area contributed by atoms with Crippen LogP contribution in [-0.2, 0) is 16.1 Å². The van der Waals surface area contributed by atoms with Crippen LogP contribution in [0.4, 0.5) is 0 Å². The molecule has 0 fully saturated rings. The van der Waals surface area contributed by atoms with Crippen molar-refractivity contribution in [3.8, 4) is 11.5 Å². The maximum absolute atomic E-state index is 12.4. The average Bonchev–Trinajstić information content (AvgIpc) is 3.30. The summed E-state index contributed by atoms with van der Waals surface area (Å²) in [6.07, 6.45) is 1.66. The van der Waals surface area contributed by atoms with Crippen molar-refractivity contribution in [2.24, 2.45) is 4.99 Å². The van der Waals surface area contributed by atoms with Crippen molar-refractivity contribution in [1.29, 1.82) is 0 Å². The zero-order valence-electron chi connectivity index (χ0n) is 18.7. The monoisotopic (exact) mass is 432 g/mol. The number of carbonyl (C=O) groups is 1. The van der Waals surface area contributed by atoms with Gasteiger partial charge in [0.25, 0.3) is 0 Å². The number of cyclic esters (lactones) is 1.